The molecule has 0 atom stereocenters. The van der Waals surface area contributed by atoms with E-state index < -0.39 is 5.82 Å². The lowest BCUT2D eigenvalue weighted by Gasteiger charge is -2.11. The summed E-state index contributed by atoms with van der Waals surface area (Å²) in [5.41, 5.74) is 0.437. The first-order chi connectivity index (χ1) is 12.9. The summed E-state index contributed by atoms with van der Waals surface area (Å²) in [5, 5.41) is 11.7. The van der Waals surface area contributed by atoms with Gasteiger partial charge in [0.1, 0.15) is 5.82 Å². The number of rotatable bonds is 7. The molecule has 2 aromatic heterocycles. The molecule has 27 heavy (non-hydrogen) atoms. The average Bonchev–Trinajstić information content (AvgIpc) is 3.26. The summed E-state index contributed by atoms with van der Waals surface area (Å²) in [6.07, 6.45) is 1.58. The van der Waals surface area contributed by atoms with Crippen LogP contribution < -0.4 is 5.32 Å². The monoisotopic (exact) mass is 408 g/mol. The number of furan rings is 1. The zero-order chi connectivity index (χ0) is 19.4. The predicted octanol–water partition coefficient (Wildman–Crippen LogP) is 4.72. The fourth-order valence-corrected chi connectivity index (χ4v) is 3.34. The molecule has 9 heteroatoms. The zero-order valence-corrected chi connectivity index (χ0v) is 16.4. The molecule has 1 amide bonds. The van der Waals surface area contributed by atoms with Gasteiger partial charge in [0.25, 0.3) is 0 Å². The maximum absolute atomic E-state index is 13.2. The minimum atomic E-state index is -0.531. The van der Waals surface area contributed by atoms with Crippen molar-refractivity contribution in [2.75, 3.05) is 11.1 Å². The lowest BCUT2D eigenvalue weighted by Crippen LogP contribution is -2.15. The molecule has 0 aliphatic heterocycles. The second-order valence-corrected chi connectivity index (χ2v) is 7.60. The number of carbonyl (C=O) groups excluding carboxylic acids is 1. The van der Waals surface area contributed by atoms with E-state index in [1.807, 2.05) is 10.6 Å². The number of halogens is 2. The van der Waals surface area contributed by atoms with Gasteiger partial charge < -0.3 is 9.73 Å². The molecule has 6 nitrogen and oxygen atoms in total. The third kappa shape index (κ3) is 4.90. The third-order valence-corrected chi connectivity index (χ3v) is 4.80. The number of nitrogens with zero attached hydrogens (tertiary/aromatic N) is 3. The van der Waals surface area contributed by atoms with E-state index in [4.69, 9.17) is 16.0 Å². The molecule has 0 saturated heterocycles. The molecule has 0 fully saturated rings. The molecule has 0 aliphatic carbocycles. The summed E-state index contributed by atoms with van der Waals surface area (Å²) in [6, 6.07) is 7.65. The summed E-state index contributed by atoms with van der Waals surface area (Å²) >= 11 is 7.00. The fourth-order valence-electron chi connectivity index (χ4n) is 2.41. The van der Waals surface area contributed by atoms with E-state index >= 15 is 0 Å². The van der Waals surface area contributed by atoms with Crippen molar-refractivity contribution in [2.45, 2.75) is 25.5 Å². The molecule has 0 bridgehead atoms. The van der Waals surface area contributed by atoms with E-state index in [-0.39, 0.29) is 16.7 Å². The first-order valence-corrected chi connectivity index (χ1v) is 9.65. The van der Waals surface area contributed by atoms with Crippen LogP contribution in [0.25, 0.3) is 11.6 Å². The number of carbonyl (C=O) groups is 1. The van der Waals surface area contributed by atoms with Gasteiger partial charge in [-0.15, -0.1) is 10.2 Å². The zero-order valence-electron chi connectivity index (χ0n) is 14.8. The van der Waals surface area contributed by atoms with Crippen molar-refractivity contribution in [1.82, 2.24) is 14.8 Å². The van der Waals surface area contributed by atoms with Gasteiger partial charge in [-0.2, -0.15) is 0 Å². The lowest BCUT2D eigenvalue weighted by molar-refractivity contribution is -0.113. The first kappa shape index (κ1) is 19.4. The van der Waals surface area contributed by atoms with Crippen molar-refractivity contribution in [3.05, 3.63) is 47.4 Å². The normalized spacial score (nSPS) is 11.1. The second kappa shape index (κ2) is 8.58. The minimum Gasteiger partial charge on any atom is -0.461 e. The smallest absolute Gasteiger partial charge is 0.234 e. The van der Waals surface area contributed by atoms with Crippen LogP contribution in [-0.2, 0) is 11.3 Å². The van der Waals surface area contributed by atoms with Crippen LogP contribution in [0.3, 0.4) is 0 Å². The number of anilines is 1. The Morgan fingerprint density at radius 2 is 2.19 bits per heavy atom. The molecule has 0 spiro atoms. The first-order valence-electron chi connectivity index (χ1n) is 8.29. The molecule has 1 aromatic carbocycles. The van der Waals surface area contributed by atoms with Crippen LogP contribution in [-0.4, -0.2) is 26.4 Å². The minimum absolute atomic E-state index is 0.0415. The van der Waals surface area contributed by atoms with Crippen molar-refractivity contribution in [3.8, 4) is 11.6 Å². The van der Waals surface area contributed by atoms with Crippen LogP contribution >= 0.6 is 23.4 Å². The van der Waals surface area contributed by atoms with E-state index in [0.717, 1.165) is 0 Å². The van der Waals surface area contributed by atoms with Crippen LogP contribution in [0.4, 0.5) is 10.1 Å². The number of nitrogens with one attached hydrogen (secondary N) is 1. The van der Waals surface area contributed by atoms with Crippen molar-refractivity contribution in [3.63, 3.8) is 0 Å². The van der Waals surface area contributed by atoms with Crippen LogP contribution in [0, 0.1) is 11.7 Å². The Kier molecular flexibility index (Phi) is 6.18. The molecule has 0 aliphatic rings. The van der Waals surface area contributed by atoms with Crippen LogP contribution in [0.1, 0.15) is 13.8 Å². The quantitative estimate of drug-likeness (QED) is 0.573. The largest absolute Gasteiger partial charge is 0.461 e. The van der Waals surface area contributed by atoms with Crippen LogP contribution in [0.2, 0.25) is 5.02 Å². The molecule has 2 heterocycles. The van der Waals surface area contributed by atoms with Gasteiger partial charge >= 0.3 is 0 Å². The van der Waals surface area contributed by atoms with E-state index in [2.05, 4.69) is 29.4 Å². The summed E-state index contributed by atoms with van der Waals surface area (Å²) in [5.74, 6) is 0.966. The molecular formula is C18H18ClFN4O2S. The van der Waals surface area contributed by atoms with E-state index in [0.29, 0.717) is 34.9 Å². The Hall–Kier alpha value is -2.32. The van der Waals surface area contributed by atoms with Crippen molar-refractivity contribution in [1.29, 1.82) is 0 Å². The Labute approximate surface area is 165 Å². The van der Waals surface area contributed by atoms with Gasteiger partial charge in [0, 0.05) is 12.2 Å². The fraction of sp³-hybridized carbons (Fsp3) is 0.278. The summed E-state index contributed by atoms with van der Waals surface area (Å²) in [6.45, 7) is 4.87. The molecule has 142 valence electrons. The highest BCUT2D eigenvalue weighted by molar-refractivity contribution is 7.99. The molecule has 1 N–H and O–H groups in total. The van der Waals surface area contributed by atoms with Gasteiger partial charge in [-0.1, -0.05) is 37.2 Å². The number of benzene rings is 1. The van der Waals surface area contributed by atoms with Gasteiger partial charge in [0.15, 0.2) is 16.7 Å². The number of aromatic nitrogens is 3. The molecular weight excluding hydrogens is 391 g/mol. The maximum atomic E-state index is 13.2. The van der Waals surface area contributed by atoms with Gasteiger partial charge in [-0.25, -0.2) is 4.39 Å². The molecule has 0 unspecified atom stereocenters. The maximum Gasteiger partial charge on any atom is 0.234 e. The number of amides is 1. The number of hydrogen-bond donors (Lipinski definition) is 1. The second-order valence-electron chi connectivity index (χ2n) is 6.25. The van der Waals surface area contributed by atoms with E-state index in [9.17, 15) is 9.18 Å². The van der Waals surface area contributed by atoms with E-state index in [1.165, 1.54) is 30.0 Å². The number of thioether (sulfide) groups is 1. The Morgan fingerprint density at radius 3 is 2.85 bits per heavy atom. The lowest BCUT2D eigenvalue weighted by atomic mass is 10.2. The van der Waals surface area contributed by atoms with Gasteiger partial charge in [0.05, 0.1) is 17.0 Å². The molecule has 0 saturated carbocycles. The topological polar surface area (TPSA) is 73.0 Å². The van der Waals surface area contributed by atoms with Crippen molar-refractivity contribution in [2.24, 2.45) is 5.92 Å². The van der Waals surface area contributed by atoms with Gasteiger partial charge in [-0.05, 0) is 36.2 Å². The van der Waals surface area contributed by atoms with Crippen LogP contribution in [0.15, 0.2) is 46.2 Å². The van der Waals surface area contributed by atoms with Crippen molar-refractivity contribution < 1.29 is 13.6 Å². The highest BCUT2D eigenvalue weighted by Gasteiger charge is 2.18. The standard InChI is InChI=1S/C18H18ClFN4O2S/c1-11(2)9-24-17(15-4-3-7-26-15)22-23-18(24)27-10-16(25)21-12-5-6-14(20)13(19)8-12/h3-8,11H,9-10H2,1-2H3,(H,21,25). The molecule has 3 aromatic rings. The molecule has 0 radical (unpaired) electrons. The average molecular weight is 409 g/mol. The van der Waals surface area contributed by atoms with Gasteiger partial charge in [-0.3, -0.25) is 9.36 Å². The SMILES string of the molecule is CC(C)Cn1c(SCC(=O)Nc2ccc(F)c(Cl)c2)nnc1-c1ccco1. The Balaban J connectivity index is 1.69. The third-order valence-electron chi connectivity index (χ3n) is 3.54. The summed E-state index contributed by atoms with van der Waals surface area (Å²) in [4.78, 5) is 12.2. The van der Waals surface area contributed by atoms with Crippen LogP contribution in [0.5, 0.6) is 0 Å². The summed E-state index contributed by atoms with van der Waals surface area (Å²) < 4.78 is 20.6. The molecule has 3 rings (SSSR count). The Bertz CT molecular complexity index is 928. The highest BCUT2D eigenvalue weighted by atomic mass is 35.5. The summed E-state index contributed by atoms with van der Waals surface area (Å²) in [7, 11) is 0. The van der Waals surface area contributed by atoms with Gasteiger partial charge in [0.2, 0.25) is 5.91 Å². The Morgan fingerprint density at radius 1 is 1.37 bits per heavy atom. The predicted molar refractivity (Wildman–Crippen MR) is 103 cm³/mol. The van der Waals surface area contributed by atoms with Crippen molar-refractivity contribution >= 4 is 35.0 Å². The number of hydrogen-bond acceptors (Lipinski definition) is 5. The van der Waals surface area contributed by atoms with E-state index in [1.54, 1.807) is 12.3 Å². The highest BCUT2D eigenvalue weighted by Crippen LogP contribution is 2.26.